The number of hydrogen-bond donors (Lipinski definition) is 0. The number of halogens is 1. The van der Waals surface area contributed by atoms with Crippen molar-refractivity contribution in [2.45, 2.75) is 10.5 Å². The highest BCUT2D eigenvalue weighted by Crippen LogP contribution is 2.37. The normalized spacial score (nSPS) is 12.0. The van der Waals surface area contributed by atoms with Crippen molar-refractivity contribution < 1.29 is 13.6 Å². The number of rotatable bonds is 5. The molecule has 0 spiro atoms. The largest absolute Gasteiger partial charge is 0.431 e. The molecule has 1 aromatic heterocycles. The lowest BCUT2D eigenvalue weighted by atomic mass is 10.1. The lowest BCUT2D eigenvalue weighted by Crippen LogP contribution is -2.26. The minimum atomic E-state index is -0.448. The molecule has 4 nitrogen and oxygen atoms in total. The summed E-state index contributed by atoms with van der Waals surface area (Å²) in [6, 6.07) is 15.5. The van der Waals surface area contributed by atoms with E-state index < -0.39 is 5.25 Å². The van der Waals surface area contributed by atoms with Crippen molar-refractivity contribution in [3.05, 3.63) is 72.2 Å². The van der Waals surface area contributed by atoms with Crippen LogP contribution in [0.25, 0.3) is 11.3 Å². The van der Waals surface area contributed by atoms with Gasteiger partial charge in [-0.25, -0.2) is 9.37 Å². The number of hydrogen-bond acceptors (Lipinski definition) is 4. The van der Waals surface area contributed by atoms with E-state index in [1.165, 1.54) is 23.9 Å². The Morgan fingerprint density at radius 3 is 2.44 bits per heavy atom. The van der Waals surface area contributed by atoms with Crippen LogP contribution in [0, 0.1) is 5.82 Å². The van der Waals surface area contributed by atoms with Gasteiger partial charge in [-0.05, 0) is 41.6 Å². The van der Waals surface area contributed by atoms with E-state index in [-0.39, 0.29) is 11.7 Å². The Bertz CT molecular complexity index is 847. The van der Waals surface area contributed by atoms with Gasteiger partial charge in [-0.1, -0.05) is 30.3 Å². The van der Waals surface area contributed by atoms with Crippen LogP contribution in [0.2, 0.25) is 0 Å². The van der Waals surface area contributed by atoms with E-state index in [2.05, 4.69) is 4.98 Å². The van der Waals surface area contributed by atoms with Gasteiger partial charge < -0.3 is 9.32 Å². The fourth-order valence-corrected chi connectivity index (χ4v) is 3.34. The Morgan fingerprint density at radius 1 is 1.12 bits per heavy atom. The number of aromatic nitrogens is 1. The van der Waals surface area contributed by atoms with Crippen molar-refractivity contribution in [2.75, 3.05) is 14.1 Å². The van der Waals surface area contributed by atoms with Crippen molar-refractivity contribution >= 4 is 17.7 Å². The summed E-state index contributed by atoms with van der Waals surface area (Å²) in [5.74, 6) is 0.183. The fourth-order valence-electron chi connectivity index (χ4n) is 2.28. The second-order valence-electron chi connectivity index (χ2n) is 5.64. The number of amides is 1. The molecule has 0 aliphatic carbocycles. The van der Waals surface area contributed by atoms with Crippen molar-refractivity contribution in [3.63, 3.8) is 0 Å². The lowest BCUT2D eigenvalue weighted by Gasteiger charge is -2.19. The molecule has 0 aliphatic rings. The van der Waals surface area contributed by atoms with Gasteiger partial charge in [0.1, 0.15) is 11.1 Å². The van der Waals surface area contributed by atoms with E-state index in [1.807, 2.05) is 30.3 Å². The lowest BCUT2D eigenvalue weighted by molar-refractivity contribution is -0.128. The van der Waals surface area contributed by atoms with Gasteiger partial charge in [0.05, 0.1) is 6.20 Å². The average molecular weight is 356 g/mol. The number of benzene rings is 2. The summed E-state index contributed by atoms with van der Waals surface area (Å²) >= 11 is 1.25. The molecule has 3 aromatic rings. The molecule has 0 saturated carbocycles. The van der Waals surface area contributed by atoms with Crippen LogP contribution in [0.15, 0.2) is 70.4 Å². The molecule has 0 radical (unpaired) electrons. The molecule has 0 aliphatic heterocycles. The molecule has 0 unspecified atom stereocenters. The monoisotopic (exact) mass is 356 g/mol. The quantitative estimate of drug-likeness (QED) is 0.636. The smallest absolute Gasteiger partial charge is 0.257 e. The van der Waals surface area contributed by atoms with Crippen LogP contribution < -0.4 is 0 Å². The highest BCUT2D eigenvalue weighted by atomic mass is 32.2. The van der Waals surface area contributed by atoms with E-state index in [0.29, 0.717) is 11.0 Å². The van der Waals surface area contributed by atoms with Crippen molar-refractivity contribution in [1.82, 2.24) is 9.88 Å². The van der Waals surface area contributed by atoms with Gasteiger partial charge in [-0.15, -0.1) is 0 Å². The average Bonchev–Trinajstić information content (AvgIpc) is 3.09. The highest BCUT2D eigenvalue weighted by Gasteiger charge is 2.25. The van der Waals surface area contributed by atoms with Gasteiger partial charge in [0.15, 0.2) is 5.76 Å². The number of carbonyl (C=O) groups is 1. The minimum Gasteiger partial charge on any atom is -0.431 e. The van der Waals surface area contributed by atoms with E-state index in [9.17, 15) is 9.18 Å². The number of oxazole rings is 1. The molecular weight excluding hydrogens is 339 g/mol. The summed E-state index contributed by atoms with van der Waals surface area (Å²) in [6.45, 7) is 0. The summed E-state index contributed by atoms with van der Waals surface area (Å²) < 4.78 is 18.8. The number of carbonyl (C=O) groups excluding carboxylic acids is 1. The highest BCUT2D eigenvalue weighted by molar-refractivity contribution is 8.00. The first-order valence-corrected chi connectivity index (χ1v) is 8.57. The minimum absolute atomic E-state index is 0.0438. The standard InChI is InChI=1S/C19H17FN2O2S/c1-22(2)18(23)17(14-6-4-3-5-7-14)25-19-21-12-16(24-19)13-8-10-15(20)11-9-13/h3-12,17H,1-2H3/t17-/m0/s1. The first-order valence-electron chi connectivity index (χ1n) is 7.69. The molecule has 1 atom stereocenters. The molecule has 1 heterocycles. The topological polar surface area (TPSA) is 46.3 Å². The maximum atomic E-state index is 13.0. The third-order valence-electron chi connectivity index (χ3n) is 3.60. The predicted molar refractivity (Wildman–Crippen MR) is 95.6 cm³/mol. The fraction of sp³-hybridized carbons (Fsp3) is 0.158. The second kappa shape index (κ2) is 7.53. The van der Waals surface area contributed by atoms with Gasteiger partial charge in [0.25, 0.3) is 5.22 Å². The van der Waals surface area contributed by atoms with Crippen molar-refractivity contribution in [3.8, 4) is 11.3 Å². The Kier molecular flexibility index (Phi) is 5.19. The van der Waals surface area contributed by atoms with E-state index in [0.717, 1.165) is 11.1 Å². The SMILES string of the molecule is CN(C)C(=O)[C@@H](Sc1ncc(-c2ccc(F)cc2)o1)c1ccccc1. The van der Waals surface area contributed by atoms with Crippen LogP contribution in [0.1, 0.15) is 10.8 Å². The van der Waals surface area contributed by atoms with Crippen molar-refractivity contribution in [1.29, 1.82) is 0 Å². The molecule has 0 saturated heterocycles. The third kappa shape index (κ3) is 4.09. The summed E-state index contributed by atoms with van der Waals surface area (Å²) in [5, 5.41) is -0.0562. The first kappa shape index (κ1) is 17.2. The summed E-state index contributed by atoms with van der Waals surface area (Å²) in [4.78, 5) is 18.4. The molecule has 128 valence electrons. The molecule has 1 amide bonds. The van der Waals surface area contributed by atoms with E-state index >= 15 is 0 Å². The van der Waals surface area contributed by atoms with Crippen LogP contribution >= 0.6 is 11.8 Å². The first-order chi connectivity index (χ1) is 12.0. The molecule has 25 heavy (non-hydrogen) atoms. The molecule has 0 fully saturated rings. The summed E-state index contributed by atoms with van der Waals surface area (Å²) in [5.41, 5.74) is 1.61. The molecule has 6 heteroatoms. The molecular formula is C19H17FN2O2S. The molecule has 0 bridgehead atoms. The van der Waals surface area contributed by atoms with Crippen molar-refractivity contribution in [2.24, 2.45) is 0 Å². The predicted octanol–water partition coefficient (Wildman–Crippen LogP) is 4.40. The van der Waals surface area contributed by atoms with E-state index in [1.54, 1.807) is 37.3 Å². The zero-order valence-corrected chi connectivity index (χ0v) is 14.7. The van der Waals surface area contributed by atoms with Gasteiger partial charge >= 0.3 is 0 Å². The Morgan fingerprint density at radius 2 is 1.80 bits per heavy atom. The number of likely N-dealkylation sites (N-methyl/N-ethyl adjacent to an activating group) is 1. The zero-order chi connectivity index (χ0) is 17.8. The van der Waals surface area contributed by atoms with Gasteiger partial charge in [-0.2, -0.15) is 0 Å². The van der Waals surface area contributed by atoms with Crippen LogP contribution in [-0.2, 0) is 4.79 Å². The molecule has 0 N–H and O–H groups in total. The second-order valence-corrected chi connectivity index (χ2v) is 6.69. The third-order valence-corrected chi connectivity index (χ3v) is 4.70. The molecule has 2 aromatic carbocycles. The van der Waals surface area contributed by atoms with Crippen LogP contribution in [0.5, 0.6) is 0 Å². The summed E-state index contributed by atoms with van der Waals surface area (Å²) in [6.07, 6.45) is 1.58. The van der Waals surface area contributed by atoms with Crippen LogP contribution in [-0.4, -0.2) is 29.9 Å². The van der Waals surface area contributed by atoms with Gasteiger partial charge in [0.2, 0.25) is 5.91 Å². The maximum Gasteiger partial charge on any atom is 0.257 e. The Balaban J connectivity index is 1.85. The number of nitrogens with zero attached hydrogens (tertiary/aromatic N) is 2. The van der Waals surface area contributed by atoms with Crippen LogP contribution in [0.3, 0.4) is 0 Å². The maximum absolute atomic E-state index is 13.0. The summed E-state index contributed by atoms with van der Waals surface area (Å²) in [7, 11) is 3.44. The number of thioether (sulfide) groups is 1. The van der Waals surface area contributed by atoms with Gasteiger partial charge in [-0.3, -0.25) is 4.79 Å². The van der Waals surface area contributed by atoms with Crippen LogP contribution in [0.4, 0.5) is 4.39 Å². The zero-order valence-electron chi connectivity index (χ0n) is 13.8. The Hall–Kier alpha value is -2.60. The van der Waals surface area contributed by atoms with Gasteiger partial charge in [0, 0.05) is 19.7 Å². The molecule has 3 rings (SSSR count). The Labute approximate surface area is 149 Å². The van der Waals surface area contributed by atoms with E-state index in [4.69, 9.17) is 4.42 Å².